The Morgan fingerprint density at radius 3 is 2.38 bits per heavy atom. The van der Waals surface area contributed by atoms with E-state index in [2.05, 4.69) is 5.32 Å². The molecule has 0 fully saturated rings. The summed E-state index contributed by atoms with van der Waals surface area (Å²) in [5.74, 6) is -0.438. The second-order valence-corrected chi connectivity index (χ2v) is 6.00. The van der Waals surface area contributed by atoms with E-state index in [0.717, 1.165) is 25.7 Å². The molecule has 0 bridgehead atoms. The van der Waals surface area contributed by atoms with Crippen LogP contribution in [-0.4, -0.2) is 36.9 Å². The molecule has 1 atom stereocenters. The fourth-order valence-electron chi connectivity index (χ4n) is 1.61. The van der Waals surface area contributed by atoms with Crippen molar-refractivity contribution in [2.45, 2.75) is 71.4 Å². The minimum Gasteiger partial charge on any atom is -0.458 e. The predicted octanol–water partition coefficient (Wildman–Crippen LogP) is 2.35. The number of rotatable bonds is 9. The number of ether oxygens (including phenoxy) is 2. The largest absolute Gasteiger partial charge is 0.458 e. The van der Waals surface area contributed by atoms with Gasteiger partial charge in [0.05, 0.1) is 6.61 Å². The van der Waals surface area contributed by atoms with Crippen molar-refractivity contribution in [2.75, 3.05) is 13.2 Å². The normalized spacial score (nSPS) is 12.6. The van der Waals surface area contributed by atoms with Gasteiger partial charge in [0.15, 0.2) is 0 Å². The summed E-state index contributed by atoms with van der Waals surface area (Å²) in [6, 6.07) is -0.690. The van der Waals surface area contributed by atoms with Crippen molar-refractivity contribution in [1.82, 2.24) is 5.32 Å². The topological polar surface area (TPSA) is 90.6 Å². The number of amides is 1. The molecule has 0 rings (SSSR count). The number of hydrogen-bond acceptors (Lipinski definition) is 5. The first-order chi connectivity index (χ1) is 9.80. The van der Waals surface area contributed by atoms with Gasteiger partial charge in [-0.15, -0.1) is 0 Å². The monoisotopic (exact) mass is 302 g/mol. The van der Waals surface area contributed by atoms with Crippen LogP contribution in [0.5, 0.6) is 0 Å². The van der Waals surface area contributed by atoms with Gasteiger partial charge in [-0.3, -0.25) is 0 Å². The maximum atomic E-state index is 12.1. The summed E-state index contributed by atoms with van der Waals surface area (Å²) in [5.41, 5.74) is 4.86. The molecule has 0 aromatic heterocycles. The molecule has 0 aromatic rings. The predicted molar refractivity (Wildman–Crippen MR) is 81.9 cm³/mol. The maximum absolute atomic E-state index is 12.1. The van der Waals surface area contributed by atoms with Crippen LogP contribution in [0.15, 0.2) is 0 Å². The summed E-state index contributed by atoms with van der Waals surface area (Å²) in [6.45, 7) is 8.30. The number of nitrogens with two attached hydrogens (primary N) is 1. The Morgan fingerprint density at radius 1 is 1.19 bits per heavy atom. The van der Waals surface area contributed by atoms with Crippen LogP contribution in [0, 0.1) is 0 Å². The summed E-state index contributed by atoms with van der Waals surface area (Å²) in [6.07, 6.45) is 3.21. The Labute approximate surface area is 127 Å². The van der Waals surface area contributed by atoms with Gasteiger partial charge in [0.1, 0.15) is 11.6 Å². The van der Waals surface area contributed by atoms with Crippen molar-refractivity contribution in [1.29, 1.82) is 0 Å². The third-order valence-electron chi connectivity index (χ3n) is 2.66. The van der Waals surface area contributed by atoms with Gasteiger partial charge in [-0.05, 0) is 53.0 Å². The molecule has 6 heteroatoms. The first-order valence-corrected chi connectivity index (χ1v) is 7.66. The molecule has 0 spiro atoms. The highest BCUT2D eigenvalue weighted by Crippen LogP contribution is 2.11. The van der Waals surface area contributed by atoms with Gasteiger partial charge >= 0.3 is 12.1 Å². The van der Waals surface area contributed by atoms with Gasteiger partial charge in [-0.2, -0.15) is 0 Å². The molecular weight excluding hydrogens is 272 g/mol. The van der Waals surface area contributed by atoms with Crippen LogP contribution in [0.2, 0.25) is 0 Å². The lowest BCUT2D eigenvalue weighted by Crippen LogP contribution is -2.44. The zero-order chi connectivity index (χ0) is 16.3. The van der Waals surface area contributed by atoms with E-state index < -0.39 is 23.7 Å². The number of hydrogen-bond donors (Lipinski definition) is 2. The lowest BCUT2D eigenvalue weighted by molar-refractivity contribution is -0.157. The van der Waals surface area contributed by atoms with Crippen molar-refractivity contribution in [3.63, 3.8) is 0 Å². The van der Waals surface area contributed by atoms with Crippen molar-refractivity contribution >= 4 is 12.1 Å². The molecule has 0 aliphatic carbocycles. The zero-order valence-electron chi connectivity index (χ0n) is 13.7. The number of esters is 1. The molecule has 124 valence electrons. The van der Waals surface area contributed by atoms with E-state index in [1.807, 2.05) is 6.92 Å². The second-order valence-electron chi connectivity index (χ2n) is 6.00. The van der Waals surface area contributed by atoms with Crippen LogP contribution in [0.3, 0.4) is 0 Å². The lowest BCUT2D eigenvalue weighted by atomic mass is 10.1. The third-order valence-corrected chi connectivity index (χ3v) is 2.66. The highest BCUT2D eigenvalue weighted by atomic mass is 16.6. The first-order valence-electron chi connectivity index (χ1n) is 7.66. The van der Waals surface area contributed by atoms with Crippen LogP contribution in [0.25, 0.3) is 0 Å². The summed E-state index contributed by atoms with van der Waals surface area (Å²) in [4.78, 5) is 23.8. The SMILES string of the molecule is CCCCOC(=O)N[C@H](CCCCN)C(=O)OC(C)(C)C. The van der Waals surface area contributed by atoms with Gasteiger partial charge in [0, 0.05) is 0 Å². The summed E-state index contributed by atoms with van der Waals surface area (Å²) in [7, 11) is 0. The Bertz CT molecular complexity index is 313. The molecule has 1 amide bonds. The molecule has 0 saturated heterocycles. The van der Waals surface area contributed by atoms with Gasteiger partial charge in [-0.25, -0.2) is 9.59 Å². The van der Waals surface area contributed by atoms with Crippen molar-refractivity contribution in [3.8, 4) is 0 Å². The Hall–Kier alpha value is -1.30. The molecule has 0 unspecified atom stereocenters. The van der Waals surface area contributed by atoms with E-state index in [1.165, 1.54) is 0 Å². The lowest BCUT2D eigenvalue weighted by Gasteiger charge is -2.24. The van der Waals surface area contributed by atoms with Gasteiger partial charge < -0.3 is 20.5 Å². The number of nitrogens with one attached hydrogen (secondary N) is 1. The van der Waals surface area contributed by atoms with Crippen molar-refractivity contribution in [2.24, 2.45) is 5.73 Å². The highest BCUT2D eigenvalue weighted by Gasteiger charge is 2.26. The van der Waals surface area contributed by atoms with E-state index in [0.29, 0.717) is 19.6 Å². The number of carbonyl (C=O) groups excluding carboxylic acids is 2. The molecule has 0 saturated carbocycles. The van der Waals surface area contributed by atoms with E-state index in [4.69, 9.17) is 15.2 Å². The van der Waals surface area contributed by atoms with Crippen LogP contribution < -0.4 is 11.1 Å². The molecule has 6 nitrogen and oxygen atoms in total. The van der Waals surface area contributed by atoms with Gasteiger partial charge in [-0.1, -0.05) is 13.3 Å². The molecule has 0 radical (unpaired) electrons. The molecular formula is C15H30N2O4. The third kappa shape index (κ3) is 11.1. The van der Waals surface area contributed by atoms with E-state index in [9.17, 15) is 9.59 Å². The van der Waals surface area contributed by atoms with Gasteiger partial charge in [0.25, 0.3) is 0 Å². The molecule has 21 heavy (non-hydrogen) atoms. The van der Waals surface area contributed by atoms with E-state index in [-0.39, 0.29) is 0 Å². The number of unbranched alkanes of at least 4 members (excludes halogenated alkanes) is 2. The standard InChI is InChI=1S/C15H30N2O4/c1-5-6-11-20-14(19)17-12(9-7-8-10-16)13(18)21-15(2,3)4/h12H,5-11,16H2,1-4H3,(H,17,19)/t12-/m1/s1. The minimum atomic E-state index is -0.690. The Morgan fingerprint density at radius 2 is 1.86 bits per heavy atom. The first kappa shape index (κ1) is 19.7. The fourth-order valence-corrected chi connectivity index (χ4v) is 1.61. The van der Waals surface area contributed by atoms with Crippen LogP contribution >= 0.6 is 0 Å². The smallest absolute Gasteiger partial charge is 0.407 e. The fraction of sp³-hybridized carbons (Fsp3) is 0.867. The minimum absolute atomic E-state index is 0.353. The van der Waals surface area contributed by atoms with E-state index >= 15 is 0 Å². The van der Waals surface area contributed by atoms with Crippen LogP contribution in [0.1, 0.15) is 59.8 Å². The Balaban J connectivity index is 4.43. The van der Waals surface area contributed by atoms with Gasteiger partial charge in [0.2, 0.25) is 0 Å². The van der Waals surface area contributed by atoms with Crippen molar-refractivity contribution in [3.05, 3.63) is 0 Å². The zero-order valence-corrected chi connectivity index (χ0v) is 13.7. The van der Waals surface area contributed by atoms with Crippen LogP contribution in [-0.2, 0) is 14.3 Å². The van der Waals surface area contributed by atoms with Crippen LogP contribution in [0.4, 0.5) is 4.79 Å². The average molecular weight is 302 g/mol. The molecule has 0 aliphatic heterocycles. The van der Waals surface area contributed by atoms with E-state index in [1.54, 1.807) is 20.8 Å². The average Bonchev–Trinajstić information content (AvgIpc) is 2.36. The quantitative estimate of drug-likeness (QED) is 0.504. The molecule has 0 heterocycles. The number of carbonyl (C=O) groups is 2. The molecule has 3 N–H and O–H groups in total. The maximum Gasteiger partial charge on any atom is 0.407 e. The van der Waals surface area contributed by atoms with Crippen molar-refractivity contribution < 1.29 is 19.1 Å². The highest BCUT2D eigenvalue weighted by molar-refractivity contribution is 5.81. The summed E-state index contributed by atoms with van der Waals surface area (Å²) in [5, 5.41) is 2.58. The summed E-state index contributed by atoms with van der Waals surface area (Å²) >= 11 is 0. The molecule has 0 aliphatic rings. The Kier molecular flexibility index (Phi) is 9.78. The summed E-state index contributed by atoms with van der Waals surface area (Å²) < 4.78 is 10.3. The molecule has 0 aromatic carbocycles. The second kappa shape index (κ2) is 10.4. The number of alkyl carbamates (subject to hydrolysis) is 1.